The van der Waals surface area contributed by atoms with Gasteiger partial charge in [-0.25, -0.2) is 12.7 Å². The van der Waals surface area contributed by atoms with Gasteiger partial charge in [0, 0.05) is 19.6 Å². The molecule has 1 spiro atoms. The SMILES string of the molecule is CCCS(=O)(=O)N1CCC2(CCCNC2)CC1. The van der Waals surface area contributed by atoms with Crippen molar-refractivity contribution < 1.29 is 8.42 Å². The smallest absolute Gasteiger partial charge is 0.214 e. The normalized spacial score (nSPS) is 26.2. The first-order chi connectivity index (χ1) is 8.08. The maximum Gasteiger partial charge on any atom is 0.214 e. The molecular weight excluding hydrogens is 236 g/mol. The summed E-state index contributed by atoms with van der Waals surface area (Å²) in [6, 6.07) is 0. The van der Waals surface area contributed by atoms with Crippen molar-refractivity contribution in [3.63, 3.8) is 0 Å². The van der Waals surface area contributed by atoms with E-state index in [1.165, 1.54) is 12.8 Å². The molecular formula is C12H24N2O2S. The van der Waals surface area contributed by atoms with Crippen LogP contribution in [0.4, 0.5) is 0 Å². The molecule has 2 heterocycles. The fourth-order valence-corrected chi connectivity index (χ4v) is 4.60. The lowest BCUT2D eigenvalue weighted by atomic mass is 9.73. The summed E-state index contributed by atoms with van der Waals surface area (Å²) in [5.41, 5.74) is 0.385. The van der Waals surface area contributed by atoms with Gasteiger partial charge < -0.3 is 5.32 Å². The van der Waals surface area contributed by atoms with Crippen molar-refractivity contribution >= 4 is 10.0 Å². The summed E-state index contributed by atoms with van der Waals surface area (Å²) in [4.78, 5) is 0. The van der Waals surface area contributed by atoms with Crippen LogP contribution in [0.5, 0.6) is 0 Å². The van der Waals surface area contributed by atoms with Crippen LogP contribution in [-0.4, -0.2) is 44.7 Å². The van der Waals surface area contributed by atoms with E-state index in [9.17, 15) is 8.42 Å². The fourth-order valence-electron chi connectivity index (χ4n) is 3.08. The summed E-state index contributed by atoms with van der Waals surface area (Å²) >= 11 is 0. The highest BCUT2D eigenvalue weighted by atomic mass is 32.2. The van der Waals surface area contributed by atoms with Gasteiger partial charge in [-0.3, -0.25) is 0 Å². The molecule has 0 unspecified atom stereocenters. The maximum absolute atomic E-state index is 12.0. The molecule has 2 saturated heterocycles. The number of rotatable bonds is 3. The van der Waals surface area contributed by atoms with Crippen molar-refractivity contribution in [2.24, 2.45) is 5.41 Å². The molecule has 0 radical (unpaired) electrons. The highest BCUT2D eigenvalue weighted by molar-refractivity contribution is 7.89. The molecule has 2 aliphatic heterocycles. The number of hydrogen-bond donors (Lipinski definition) is 1. The van der Waals surface area contributed by atoms with E-state index < -0.39 is 10.0 Å². The Bertz CT molecular complexity index is 338. The van der Waals surface area contributed by atoms with Crippen LogP contribution in [0.25, 0.3) is 0 Å². The Morgan fingerprint density at radius 3 is 2.47 bits per heavy atom. The summed E-state index contributed by atoms with van der Waals surface area (Å²) in [5.74, 6) is 0.304. The van der Waals surface area contributed by atoms with E-state index in [1.54, 1.807) is 4.31 Å². The van der Waals surface area contributed by atoms with E-state index >= 15 is 0 Å². The Kier molecular flexibility index (Phi) is 4.10. The summed E-state index contributed by atoms with van der Waals surface area (Å²) in [6.45, 7) is 5.58. The third-order valence-corrected chi connectivity index (χ3v) is 6.28. The fraction of sp³-hybridized carbons (Fsp3) is 1.00. The standard InChI is InChI=1S/C12H24N2O2S/c1-2-10-17(15,16)14-8-5-12(6-9-14)4-3-7-13-11-12/h13H,2-11H2,1H3. The van der Waals surface area contributed by atoms with Crippen molar-refractivity contribution in [1.82, 2.24) is 9.62 Å². The van der Waals surface area contributed by atoms with Crippen molar-refractivity contribution in [3.8, 4) is 0 Å². The summed E-state index contributed by atoms with van der Waals surface area (Å²) in [5, 5.41) is 3.46. The van der Waals surface area contributed by atoms with Crippen molar-refractivity contribution in [3.05, 3.63) is 0 Å². The van der Waals surface area contributed by atoms with Crippen LogP contribution in [-0.2, 0) is 10.0 Å². The molecule has 2 rings (SSSR count). The van der Waals surface area contributed by atoms with E-state index in [0.29, 0.717) is 17.6 Å². The summed E-state index contributed by atoms with van der Waals surface area (Å²) < 4.78 is 25.6. The second-order valence-electron chi connectivity index (χ2n) is 5.50. The average molecular weight is 260 g/mol. The van der Waals surface area contributed by atoms with Gasteiger partial charge in [-0.1, -0.05) is 6.92 Å². The topological polar surface area (TPSA) is 49.4 Å². The van der Waals surface area contributed by atoms with E-state index in [2.05, 4.69) is 5.32 Å². The maximum atomic E-state index is 12.0. The summed E-state index contributed by atoms with van der Waals surface area (Å²) in [7, 11) is -2.98. The van der Waals surface area contributed by atoms with Gasteiger partial charge in [-0.05, 0) is 44.1 Å². The first-order valence-electron chi connectivity index (χ1n) is 6.77. The Balaban J connectivity index is 1.93. The van der Waals surface area contributed by atoms with Gasteiger partial charge in [0.05, 0.1) is 5.75 Å². The van der Waals surface area contributed by atoms with E-state index in [0.717, 1.165) is 39.0 Å². The Morgan fingerprint density at radius 1 is 1.24 bits per heavy atom. The van der Waals surface area contributed by atoms with Gasteiger partial charge in [-0.2, -0.15) is 0 Å². The molecule has 100 valence electrons. The first kappa shape index (κ1) is 13.3. The Labute approximate surface area is 105 Å². The van der Waals surface area contributed by atoms with Crippen LogP contribution in [0.3, 0.4) is 0 Å². The van der Waals surface area contributed by atoms with Crippen molar-refractivity contribution in [2.45, 2.75) is 39.0 Å². The Morgan fingerprint density at radius 2 is 1.94 bits per heavy atom. The van der Waals surface area contributed by atoms with Crippen LogP contribution in [0.15, 0.2) is 0 Å². The van der Waals surface area contributed by atoms with Crippen LogP contribution < -0.4 is 5.32 Å². The molecule has 0 aromatic carbocycles. The third kappa shape index (κ3) is 3.01. The summed E-state index contributed by atoms with van der Waals surface area (Å²) in [6.07, 6.45) is 5.28. The molecule has 5 heteroatoms. The number of sulfonamides is 1. The van der Waals surface area contributed by atoms with E-state index in [4.69, 9.17) is 0 Å². The van der Waals surface area contributed by atoms with Crippen molar-refractivity contribution in [2.75, 3.05) is 31.9 Å². The largest absolute Gasteiger partial charge is 0.316 e. The molecule has 0 bridgehead atoms. The minimum Gasteiger partial charge on any atom is -0.316 e. The van der Waals surface area contributed by atoms with E-state index in [1.807, 2.05) is 6.92 Å². The van der Waals surface area contributed by atoms with Crippen LogP contribution in [0, 0.1) is 5.41 Å². The monoisotopic (exact) mass is 260 g/mol. The lowest BCUT2D eigenvalue weighted by Crippen LogP contribution is -2.49. The number of piperidine rings is 2. The zero-order valence-electron chi connectivity index (χ0n) is 10.7. The second-order valence-corrected chi connectivity index (χ2v) is 7.58. The van der Waals surface area contributed by atoms with Crippen LogP contribution in [0.1, 0.15) is 39.0 Å². The van der Waals surface area contributed by atoms with Gasteiger partial charge in [0.25, 0.3) is 0 Å². The zero-order valence-corrected chi connectivity index (χ0v) is 11.6. The van der Waals surface area contributed by atoms with Crippen molar-refractivity contribution in [1.29, 1.82) is 0 Å². The molecule has 0 atom stereocenters. The molecule has 0 aliphatic carbocycles. The van der Waals surface area contributed by atoms with E-state index in [-0.39, 0.29) is 0 Å². The van der Waals surface area contributed by atoms with Gasteiger partial charge >= 0.3 is 0 Å². The molecule has 0 aromatic rings. The molecule has 1 N–H and O–H groups in total. The van der Waals surface area contributed by atoms with Gasteiger partial charge in [0.2, 0.25) is 10.0 Å². The highest BCUT2D eigenvalue weighted by Gasteiger charge is 2.38. The number of hydrogen-bond acceptors (Lipinski definition) is 3. The van der Waals surface area contributed by atoms with Crippen LogP contribution in [0.2, 0.25) is 0 Å². The molecule has 0 amide bonds. The lowest BCUT2D eigenvalue weighted by molar-refractivity contribution is 0.116. The lowest BCUT2D eigenvalue weighted by Gasteiger charge is -2.43. The molecule has 17 heavy (non-hydrogen) atoms. The van der Waals surface area contributed by atoms with Gasteiger partial charge in [-0.15, -0.1) is 0 Å². The molecule has 0 aromatic heterocycles. The Hall–Kier alpha value is -0.130. The number of nitrogens with one attached hydrogen (secondary N) is 1. The number of nitrogens with zero attached hydrogens (tertiary/aromatic N) is 1. The molecule has 4 nitrogen and oxygen atoms in total. The molecule has 0 saturated carbocycles. The first-order valence-corrected chi connectivity index (χ1v) is 8.37. The molecule has 2 aliphatic rings. The minimum atomic E-state index is -2.98. The predicted octanol–water partition coefficient (Wildman–Crippen LogP) is 1.19. The predicted molar refractivity (Wildman–Crippen MR) is 69.4 cm³/mol. The third-order valence-electron chi connectivity index (χ3n) is 4.20. The second kappa shape index (κ2) is 5.24. The van der Waals surface area contributed by atoms with Gasteiger partial charge in [0.15, 0.2) is 0 Å². The van der Waals surface area contributed by atoms with Crippen LogP contribution >= 0.6 is 0 Å². The average Bonchev–Trinajstić information content (AvgIpc) is 2.30. The highest BCUT2D eigenvalue weighted by Crippen LogP contribution is 2.37. The minimum absolute atomic E-state index is 0.304. The quantitative estimate of drug-likeness (QED) is 0.829. The molecule has 2 fully saturated rings. The zero-order chi connectivity index (χ0) is 12.4. The van der Waals surface area contributed by atoms with Gasteiger partial charge in [0.1, 0.15) is 0 Å².